The van der Waals surface area contributed by atoms with Gasteiger partial charge in [-0.1, -0.05) is 37.0 Å². The molecule has 1 aromatic heterocycles. The van der Waals surface area contributed by atoms with E-state index in [1.54, 1.807) is 16.9 Å². The topological polar surface area (TPSA) is 115 Å². The normalized spacial score (nSPS) is 17.3. The summed E-state index contributed by atoms with van der Waals surface area (Å²) >= 11 is 5.97. The number of alkyl halides is 2. The van der Waals surface area contributed by atoms with E-state index >= 15 is 0 Å². The molecule has 4 rings (SSSR count). The fourth-order valence-corrected chi connectivity index (χ4v) is 4.98. The Morgan fingerprint density at radius 2 is 1.88 bits per heavy atom. The second kappa shape index (κ2) is 12.4. The summed E-state index contributed by atoms with van der Waals surface area (Å²) in [6.07, 6.45) is 3.28. The maximum absolute atomic E-state index is 14.0. The average molecular weight is 584 g/mol. The second-order valence-corrected chi connectivity index (χ2v) is 10.5. The summed E-state index contributed by atoms with van der Waals surface area (Å²) in [5.74, 6) is -1.59. The van der Waals surface area contributed by atoms with Crippen molar-refractivity contribution in [2.75, 3.05) is 25.5 Å². The second-order valence-electron chi connectivity index (χ2n) is 10.1. The number of hydrogen-bond acceptors (Lipinski definition) is 8. The van der Waals surface area contributed by atoms with Crippen LogP contribution in [0, 0.1) is 5.92 Å². The summed E-state index contributed by atoms with van der Waals surface area (Å²) in [6, 6.07) is 5.83. The molecule has 2 aliphatic rings. The first-order chi connectivity index (χ1) is 19.1. The lowest BCUT2D eigenvalue weighted by Crippen LogP contribution is -2.59. The van der Waals surface area contributed by atoms with E-state index in [-0.39, 0.29) is 54.2 Å². The van der Waals surface area contributed by atoms with Crippen LogP contribution in [0.15, 0.2) is 30.5 Å². The van der Waals surface area contributed by atoms with Crippen molar-refractivity contribution in [2.45, 2.75) is 64.0 Å². The van der Waals surface area contributed by atoms with Crippen LogP contribution >= 0.6 is 11.6 Å². The number of piperidine rings is 1. The number of amides is 2. The first-order valence-electron chi connectivity index (χ1n) is 13.0. The van der Waals surface area contributed by atoms with Gasteiger partial charge >= 0.3 is 18.7 Å². The van der Waals surface area contributed by atoms with Gasteiger partial charge in [0.1, 0.15) is 5.54 Å². The number of rotatable bonds is 8. The van der Waals surface area contributed by atoms with Gasteiger partial charge in [0.15, 0.2) is 5.75 Å². The minimum absolute atomic E-state index is 0.00784. The molecule has 0 bridgehead atoms. The molecule has 2 heterocycles. The van der Waals surface area contributed by atoms with Crippen LogP contribution < -0.4 is 10.1 Å². The predicted molar refractivity (Wildman–Crippen MR) is 139 cm³/mol. The Morgan fingerprint density at radius 3 is 2.45 bits per heavy atom. The monoisotopic (exact) mass is 583 g/mol. The van der Waals surface area contributed by atoms with Crippen LogP contribution in [-0.2, 0) is 24.7 Å². The molecule has 1 saturated heterocycles. The smallest absolute Gasteiger partial charge is 0.450 e. The van der Waals surface area contributed by atoms with Crippen molar-refractivity contribution in [2.24, 2.45) is 5.92 Å². The van der Waals surface area contributed by atoms with Gasteiger partial charge in [0.25, 0.3) is 5.91 Å². The van der Waals surface area contributed by atoms with Crippen molar-refractivity contribution in [1.29, 1.82) is 0 Å². The van der Waals surface area contributed by atoms with Crippen LogP contribution in [0.3, 0.4) is 0 Å². The van der Waals surface area contributed by atoms with Crippen LogP contribution in [0.5, 0.6) is 5.75 Å². The van der Waals surface area contributed by atoms with E-state index in [0.29, 0.717) is 12.8 Å². The molecule has 0 unspecified atom stereocenters. The van der Waals surface area contributed by atoms with Crippen LogP contribution in [0.4, 0.5) is 19.3 Å². The van der Waals surface area contributed by atoms with Crippen LogP contribution in [-0.4, -0.2) is 64.7 Å². The number of benzene rings is 1. The number of hydroxylamine groups is 1. The highest BCUT2D eigenvalue weighted by molar-refractivity contribution is 6.30. The van der Waals surface area contributed by atoms with Crippen molar-refractivity contribution in [3.8, 4) is 5.75 Å². The van der Waals surface area contributed by atoms with Gasteiger partial charge < -0.3 is 19.6 Å². The van der Waals surface area contributed by atoms with Gasteiger partial charge in [0.05, 0.1) is 18.7 Å². The zero-order valence-corrected chi connectivity index (χ0v) is 23.2. The number of anilines is 1. The summed E-state index contributed by atoms with van der Waals surface area (Å²) in [5, 5.41) is 9.66. The number of carbonyl (C=O) groups excluding carboxylic acids is 3. The fourth-order valence-electron chi connectivity index (χ4n) is 4.81. The summed E-state index contributed by atoms with van der Waals surface area (Å²) in [6.45, 7) is 1.01. The zero-order chi connectivity index (χ0) is 29.0. The molecule has 0 radical (unpaired) electrons. The van der Waals surface area contributed by atoms with Crippen molar-refractivity contribution in [3.05, 3.63) is 41.2 Å². The third-order valence-corrected chi connectivity index (χ3v) is 7.50. The molecule has 2 fully saturated rings. The number of methoxy groups -OCH3 is 1. The van der Waals surface area contributed by atoms with E-state index in [0.717, 1.165) is 17.3 Å². The molecular weight excluding hydrogens is 552 g/mol. The Labute approximate surface area is 235 Å². The largest absolute Gasteiger partial charge is 0.459 e. The Bertz CT molecular complexity index is 1230. The van der Waals surface area contributed by atoms with Crippen molar-refractivity contribution in [3.63, 3.8) is 0 Å². The van der Waals surface area contributed by atoms with Crippen LogP contribution in [0.2, 0.25) is 5.02 Å². The van der Waals surface area contributed by atoms with Gasteiger partial charge in [-0.15, -0.1) is 0 Å². The minimum atomic E-state index is -3.13. The molecule has 2 aromatic rings. The van der Waals surface area contributed by atoms with Gasteiger partial charge in [-0.2, -0.15) is 18.9 Å². The number of carbonyl (C=O) groups is 3. The van der Waals surface area contributed by atoms with Gasteiger partial charge in [-0.3, -0.25) is 9.48 Å². The molecule has 2 amide bonds. The van der Waals surface area contributed by atoms with Crippen LogP contribution in [0.25, 0.3) is 0 Å². The Hall–Kier alpha value is -3.45. The highest BCUT2D eigenvalue weighted by Gasteiger charge is 2.48. The highest BCUT2D eigenvalue weighted by atomic mass is 35.5. The van der Waals surface area contributed by atoms with Gasteiger partial charge in [0.2, 0.25) is 0 Å². The van der Waals surface area contributed by atoms with Gasteiger partial charge in [0, 0.05) is 36.1 Å². The van der Waals surface area contributed by atoms with Crippen molar-refractivity contribution < 1.29 is 37.5 Å². The number of aromatic nitrogens is 2. The molecular formula is C26H32ClF2N5O6. The van der Waals surface area contributed by atoms with Gasteiger partial charge in [-0.05, 0) is 49.8 Å². The molecule has 40 heavy (non-hydrogen) atoms. The number of nitrogens with zero attached hydrogens (tertiary/aromatic N) is 4. The lowest BCUT2D eigenvalue weighted by Gasteiger charge is -2.43. The zero-order valence-electron chi connectivity index (χ0n) is 22.4. The van der Waals surface area contributed by atoms with Gasteiger partial charge in [-0.25, -0.2) is 9.59 Å². The summed E-state index contributed by atoms with van der Waals surface area (Å²) in [7, 11) is 1.18. The molecule has 1 aliphatic carbocycles. The third kappa shape index (κ3) is 6.15. The molecule has 1 aliphatic heterocycles. The molecule has 0 atom stereocenters. The fraction of sp³-hybridized carbons (Fsp3) is 0.538. The van der Waals surface area contributed by atoms with Crippen molar-refractivity contribution in [1.82, 2.24) is 20.0 Å². The lowest BCUT2D eigenvalue weighted by atomic mass is 9.86. The first-order valence-corrected chi connectivity index (χ1v) is 13.4. The Balaban J connectivity index is 1.62. The Kier molecular flexibility index (Phi) is 9.14. The number of ether oxygens (including phenoxy) is 2. The van der Waals surface area contributed by atoms with E-state index in [4.69, 9.17) is 21.2 Å². The lowest BCUT2D eigenvalue weighted by molar-refractivity contribution is -0.256. The average Bonchev–Trinajstić information content (AvgIpc) is 3.38. The Morgan fingerprint density at radius 1 is 1.18 bits per heavy atom. The molecule has 1 aromatic carbocycles. The quantitative estimate of drug-likeness (QED) is 0.435. The van der Waals surface area contributed by atoms with E-state index < -0.39 is 30.1 Å². The summed E-state index contributed by atoms with van der Waals surface area (Å²) in [5.41, 5.74) is -0.480. The predicted octanol–water partition coefficient (Wildman–Crippen LogP) is 4.93. The molecule has 14 heteroatoms. The number of hydrazine groups is 1. The van der Waals surface area contributed by atoms with E-state index in [9.17, 15) is 23.2 Å². The molecule has 0 spiro atoms. The molecule has 218 valence electrons. The van der Waals surface area contributed by atoms with Crippen LogP contribution in [0.1, 0.15) is 57.6 Å². The number of nitrogens with one attached hydrogen (secondary N) is 1. The molecule has 1 saturated carbocycles. The highest BCUT2D eigenvalue weighted by Crippen LogP contribution is 2.37. The summed E-state index contributed by atoms with van der Waals surface area (Å²) in [4.78, 5) is 44.5. The molecule has 11 nitrogen and oxygen atoms in total. The number of halogens is 3. The van der Waals surface area contributed by atoms with E-state index in [1.807, 2.05) is 13.8 Å². The summed E-state index contributed by atoms with van der Waals surface area (Å²) < 4.78 is 37.2. The molecule has 1 N–H and O–H groups in total. The first kappa shape index (κ1) is 29.5. The van der Waals surface area contributed by atoms with Crippen molar-refractivity contribution >= 4 is 35.3 Å². The maximum Gasteiger partial charge on any atom is 0.459 e. The number of hydrogen-bond donors (Lipinski definition) is 1. The maximum atomic E-state index is 14.0. The minimum Gasteiger partial charge on any atom is -0.450 e. The van der Waals surface area contributed by atoms with E-state index in [1.165, 1.54) is 30.3 Å². The SMILES string of the molecule is COC(=O)N(OC(=O)C1CCC1)N1CCC(C(=O)Nc2ccc(Cl)cc2OC(F)F)(n2nccc2C(C)C)CC1. The van der Waals surface area contributed by atoms with E-state index in [2.05, 4.69) is 15.2 Å². The third-order valence-electron chi connectivity index (χ3n) is 7.27. The standard InChI is InChI=1S/C26H32ClF2N5O6/c1-16(2)20-9-12-30-33(20)26(23(36)31-19-8-7-18(27)15-21(19)39-24(28)29)10-13-32(14-11-26)34(25(37)38-3)40-22(35)17-5-4-6-17/h7-9,12,15-17,24H,4-6,10-11,13-14H2,1-3H3,(H,31,36).